The number of esters is 1. The van der Waals surface area contributed by atoms with Gasteiger partial charge in [0.2, 0.25) is 0 Å². The number of carboxylic acid groups (broad SMARTS) is 1. The summed E-state index contributed by atoms with van der Waals surface area (Å²) in [5, 5.41) is 7.12. The van der Waals surface area contributed by atoms with E-state index in [1.165, 1.54) is 0 Å². The number of rotatable bonds is 2. The maximum absolute atomic E-state index is 11.0. The Morgan fingerprint density at radius 3 is 2.38 bits per heavy atom. The van der Waals surface area contributed by atoms with Crippen molar-refractivity contribution in [2.24, 2.45) is 5.73 Å². The number of aliphatic carboxylic acids is 1. The van der Waals surface area contributed by atoms with Crippen molar-refractivity contribution in [1.29, 1.82) is 0 Å². The number of ether oxygens (including phenoxy) is 3. The van der Waals surface area contributed by atoms with Crippen molar-refractivity contribution in [2.75, 3.05) is 13.2 Å². The van der Waals surface area contributed by atoms with Crippen LogP contribution in [0.25, 0.3) is 0 Å². The number of alkyl halides is 3. The van der Waals surface area contributed by atoms with E-state index in [0.717, 1.165) is 25.9 Å². The largest absolute Gasteiger partial charge is 0.490 e. The lowest BCUT2D eigenvalue weighted by atomic mass is 10.2. The van der Waals surface area contributed by atoms with Crippen molar-refractivity contribution in [1.82, 2.24) is 0 Å². The summed E-state index contributed by atoms with van der Waals surface area (Å²) in [5.41, 5.74) is 5.58. The first-order chi connectivity index (χ1) is 9.71. The molecule has 0 aliphatic carbocycles. The summed E-state index contributed by atoms with van der Waals surface area (Å²) < 4.78 is 47.4. The molecule has 122 valence electrons. The van der Waals surface area contributed by atoms with E-state index < -0.39 is 18.2 Å². The Kier molecular flexibility index (Phi) is 6.37. The third-order valence-electron chi connectivity index (χ3n) is 2.77. The summed E-state index contributed by atoms with van der Waals surface area (Å²) in [6.07, 6.45) is -2.59. The molecule has 2 aliphatic heterocycles. The Bertz CT molecular complexity index is 369. The normalized spacial score (nSPS) is 29.3. The Morgan fingerprint density at radius 2 is 2.00 bits per heavy atom. The maximum atomic E-state index is 11.0. The molecule has 3 atom stereocenters. The number of halogens is 3. The predicted molar refractivity (Wildman–Crippen MR) is 61.1 cm³/mol. The summed E-state index contributed by atoms with van der Waals surface area (Å²) >= 11 is 0. The van der Waals surface area contributed by atoms with Gasteiger partial charge < -0.3 is 25.1 Å². The van der Waals surface area contributed by atoms with Gasteiger partial charge in [-0.15, -0.1) is 0 Å². The van der Waals surface area contributed by atoms with Gasteiger partial charge in [-0.25, -0.2) is 4.79 Å². The smallest absolute Gasteiger partial charge is 0.475 e. The van der Waals surface area contributed by atoms with E-state index in [1.807, 2.05) is 0 Å². The first-order valence-corrected chi connectivity index (χ1v) is 6.21. The van der Waals surface area contributed by atoms with Crippen molar-refractivity contribution >= 4 is 11.9 Å². The minimum atomic E-state index is -5.08. The molecule has 0 aromatic heterocycles. The van der Waals surface area contributed by atoms with Crippen LogP contribution in [0.2, 0.25) is 0 Å². The molecule has 3 N–H and O–H groups in total. The molecule has 2 aliphatic rings. The molecular formula is C11H16F3NO6. The second-order valence-electron chi connectivity index (χ2n) is 4.43. The van der Waals surface area contributed by atoms with E-state index in [1.54, 1.807) is 0 Å². The van der Waals surface area contributed by atoms with Crippen molar-refractivity contribution in [2.45, 2.75) is 43.9 Å². The van der Waals surface area contributed by atoms with Crippen molar-refractivity contribution in [3.05, 3.63) is 0 Å². The first-order valence-electron chi connectivity index (χ1n) is 6.21. The molecule has 0 spiro atoms. The SMILES string of the molecule is NC1C(=O)OCC1OC1CCCCO1.O=C(O)C(F)(F)F. The van der Waals surface area contributed by atoms with Gasteiger partial charge in [0.1, 0.15) is 18.8 Å². The second kappa shape index (κ2) is 7.57. The molecule has 7 nitrogen and oxygen atoms in total. The fourth-order valence-corrected chi connectivity index (χ4v) is 1.65. The maximum Gasteiger partial charge on any atom is 0.490 e. The zero-order valence-corrected chi connectivity index (χ0v) is 11.0. The monoisotopic (exact) mass is 315 g/mol. The van der Waals surface area contributed by atoms with Crippen LogP contribution in [0.1, 0.15) is 19.3 Å². The van der Waals surface area contributed by atoms with Crippen LogP contribution in [0.4, 0.5) is 13.2 Å². The van der Waals surface area contributed by atoms with Crippen LogP contribution >= 0.6 is 0 Å². The Morgan fingerprint density at radius 1 is 1.38 bits per heavy atom. The zero-order chi connectivity index (χ0) is 16.0. The van der Waals surface area contributed by atoms with Gasteiger partial charge >= 0.3 is 18.1 Å². The molecule has 2 rings (SSSR count). The molecule has 2 heterocycles. The van der Waals surface area contributed by atoms with E-state index in [4.69, 9.17) is 29.8 Å². The van der Waals surface area contributed by atoms with Crippen LogP contribution in [0, 0.1) is 0 Å². The van der Waals surface area contributed by atoms with Gasteiger partial charge in [-0.05, 0) is 19.3 Å². The van der Waals surface area contributed by atoms with Crippen molar-refractivity contribution in [3.63, 3.8) is 0 Å². The van der Waals surface area contributed by atoms with E-state index in [2.05, 4.69) is 0 Å². The van der Waals surface area contributed by atoms with Crippen LogP contribution < -0.4 is 5.73 Å². The average molecular weight is 315 g/mol. The molecule has 10 heteroatoms. The summed E-state index contributed by atoms with van der Waals surface area (Å²) in [6.45, 7) is 0.974. The molecule has 0 bridgehead atoms. The lowest BCUT2D eigenvalue weighted by molar-refractivity contribution is -0.192. The third-order valence-corrected chi connectivity index (χ3v) is 2.77. The summed E-state index contributed by atoms with van der Waals surface area (Å²) in [7, 11) is 0. The van der Waals surface area contributed by atoms with Gasteiger partial charge in [-0.1, -0.05) is 0 Å². The molecule has 2 saturated heterocycles. The van der Waals surface area contributed by atoms with Crippen LogP contribution in [0.3, 0.4) is 0 Å². The summed E-state index contributed by atoms with van der Waals surface area (Å²) in [5.74, 6) is -3.14. The number of hydrogen-bond acceptors (Lipinski definition) is 6. The molecule has 0 aromatic rings. The highest BCUT2D eigenvalue weighted by Gasteiger charge is 2.38. The van der Waals surface area contributed by atoms with Gasteiger partial charge in [0.15, 0.2) is 6.29 Å². The quantitative estimate of drug-likeness (QED) is 0.711. The minimum Gasteiger partial charge on any atom is -0.475 e. The number of carboxylic acids is 1. The Hall–Kier alpha value is -1.39. The molecule has 0 aromatic carbocycles. The molecule has 0 amide bonds. The van der Waals surface area contributed by atoms with Crippen LogP contribution in [-0.4, -0.2) is 54.9 Å². The molecule has 2 fully saturated rings. The van der Waals surface area contributed by atoms with E-state index in [-0.39, 0.29) is 25.0 Å². The number of hydrogen-bond donors (Lipinski definition) is 2. The fraction of sp³-hybridized carbons (Fsp3) is 0.818. The topological polar surface area (TPSA) is 108 Å². The standard InChI is InChI=1S/C9H15NO4.C2HF3O2/c10-8-6(5-13-9(8)11)14-7-3-1-2-4-12-7;3-2(4,5)1(6)7/h6-8H,1-5,10H2;(H,6,7). The van der Waals surface area contributed by atoms with Crippen molar-refractivity contribution < 1.29 is 42.1 Å². The highest BCUT2D eigenvalue weighted by molar-refractivity contribution is 5.78. The molecule has 0 radical (unpaired) electrons. The minimum absolute atomic E-state index is 0.214. The number of carbonyl (C=O) groups is 2. The Balaban J connectivity index is 0.000000270. The highest BCUT2D eigenvalue weighted by Crippen LogP contribution is 2.19. The van der Waals surface area contributed by atoms with Gasteiger partial charge in [-0.2, -0.15) is 13.2 Å². The number of carbonyl (C=O) groups excluding carboxylic acids is 1. The summed E-state index contributed by atoms with van der Waals surface area (Å²) in [6, 6.07) is -0.652. The fourth-order valence-electron chi connectivity index (χ4n) is 1.65. The molecule has 21 heavy (non-hydrogen) atoms. The molecule has 0 saturated carbocycles. The number of nitrogens with two attached hydrogens (primary N) is 1. The van der Waals surface area contributed by atoms with Crippen molar-refractivity contribution in [3.8, 4) is 0 Å². The van der Waals surface area contributed by atoms with Gasteiger partial charge in [0.25, 0.3) is 0 Å². The molecule has 3 unspecified atom stereocenters. The molecular weight excluding hydrogens is 299 g/mol. The van der Waals surface area contributed by atoms with Gasteiger partial charge in [-0.3, -0.25) is 4.79 Å². The Labute approximate surface area is 118 Å². The zero-order valence-electron chi connectivity index (χ0n) is 11.0. The highest BCUT2D eigenvalue weighted by atomic mass is 19.4. The first kappa shape index (κ1) is 17.7. The van der Waals surface area contributed by atoms with Crippen LogP contribution in [0.5, 0.6) is 0 Å². The lowest BCUT2D eigenvalue weighted by Gasteiger charge is -2.25. The van der Waals surface area contributed by atoms with E-state index in [9.17, 15) is 18.0 Å². The summed E-state index contributed by atoms with van der Waals surface area (Å²) in [4.78, 5) is 19.9. The van der Waals surface area contributed by atoms with E-state index in [0.29, 0.717) is 0 Å². The van der Waals surface area contributed by atoms with Crippen LogP contribution in [0.15, 0.2) is 0 Å². The second-order valence-corrected chi connectivity index (χ2v) is 4.43. The average Bonchev–Trinajstić information content (AvgIpc) is 2.72. The predicted octanol–water partition coefficient (Wildman–Crippen LogP) is 0.416. The van der Waals surface area contributed by atoms with Crippen LogP contribution in [-0.2, 0) is 23.8 Å². The third kappa shape index (κ3) is 5.86. The number of cyclic esters (lactones) is 1. The van der Waals surface area contributed by atoms with Gasteiger partial charge in [0.05, 0.1) is 0 Å². The van der Waals surface area contributed by atoms with E-state index >= 15 is 0 Å². The lowest BCUT2D eigenvalue weighted by Crippen LogP contribution is -2.41. The van der Waals surface area contributed by atoms with Gasteiger partial charge in [0, 0.05) is 6.61 Å².